The highest BCUT2D eigenvalue weighted by Gasteiger charge is 2.29. The molecule has 1 unspecified atom stereocenters. The van der Waals surface area contributed by atoms with Gasteiger partial charge in [-0.1, -0.05) is 60.7 Å². The van der Waals surface area contributed by atoms with Crippen LogP contribution >= 0.6 is 0 Å². The van der Waals surface area contributed by atoms with Gasteiger partial charge in [0.25, 0.3) is 0 Å². The standard InChI is InChI=1S/C26H30N6O/c1-3-26(33)29-23-12-13-24(14-23)32-25(16-27-30-32)21-10-8-19(9-11-21)18-4-6-20(7-5-18)22-15-28-31(2)17-22/h4-11,15-17,23-24,26,29,33H,3,12-14H2,1-2H3/t23-,24+,26?/m0/s1. The van der Waals surface area contributed by atoms with Crippen molar-refractivity contribution in [2.24, 2.45) is 7.05 Å². The van der Waals surface area contributed by atoms with Gasteiger partial charge in [0.2, 0.25) is 0 Å². The molecule has 0 saturated heterocycles. The zero-order chi connectivity index (χ0) is 22.8. The van der Waals surface area contributed by atoms with Crippen LogP contribution in [0.4, 0.5) is 0 Å². The monoisotopic (exact) mass is 442 g/mol. The maximum absolute atomic E-state index is 9.91. The molecule has 2 aromatic carbocycles. The van der Waals surface area contributed by atoms with E-state index < -0.39 is 6.23 Å². The topological polar surface area (TPSA) is 80.8 Å². The molecule has 0 radical (unpaired) electrons. The largest absolute Gasteiger partial charge is 0.379 e. The predicted molar refractivity (Wildman–Crippen MR) is 129 cm³/mol. The number of rotatable bonds is 7. The number of benzene rings is 2. The van der Waals surface area contributed by atoms with Crippen LogP contribution in [0.2, 0.25) is 0 Å². The molecule has 33 heavy (non-hydrogen) atoms. The second-order valence-corrected chi connectivity index (χ2v) is 8.88. The lowest BCUT2D eigenvalue weighted by atomic mass is 10.0. The fraction of sp³-hybridized carbons (Fsp3) is 0.346. The first kappa shape index (κ1) is 21.6. The first-order chi connectivity index (χ1) is 16.1. The van der Waals surface area contributed by atoms with Crippen molar-refractivity contribution >= 4 is 0 Å². The van der Waals surface area contributed by atoms with Crippen LogP contribution in [0, 0.1) is 0 Å². The molecule has 1 saturated carbocycles. The van der Waals surface area contributed by atoms with Crippen molar-refractivity contribution < 1.29 is 5.11 Å². The van der Waals surface area contributed by atoms with Crippen molar-refractivity contribution in [1.82, 2.24) is 30.1 Å². The lowest BCUT2D eigenvalue weighted by Crippen LogP contribution is -2.36. The van der Waals surface area contributed by atoms with Gasteiger partial charge in [-0.3, -0.25) is 10.00 Å². The van der Waals surface area contributed by atoms with Crippen LogP contribution in [-0.4, -0.2) is 42.2 Å². The van der Waals surface area contributed by atoms with Gasteiger partial charge in [0, 0.05) is 30.4 Å². The van der Waals surface area contributed by atoms with E-state index >= 15 is 0 Å². The van der Waals surface area contributed by atoms with E-state index in [-0.39, 0.29) is 0 Å². The summed E-state index contributed by atoms with van der Waals surface area (Å²) < 4.78 is 3.87. The van der Waals surface area contributed by atoms with Gasteiger partial charge in [0.15, 0.2) is 0 Å². The van der Waals surface area contributed by atoms with Gasteiger partial charge >= 0.3 is 0 Å². The average molecular weight is 443 g/mol. The minimum atomic E-state index is -0.435. The summed E-state index contributed by atoms with van der Waals surface area (Å²) in [7, 11) is 1.93. The normalized spacial score (nSPS) is 19.1. The molecule has 0 amide bonds. The van der Waals surface area contributed by atoms with Crippen molar-refractivity contribution in [3.05, 3.63) is 67.1 Å². The Morgan fingerprint density at radius 1 is 0.939 bits per heavy atom. The van der Waals surface area contributed by atoms with E-state index in [1.165, 1.54) is 11.1 Å². The predicted octanol–water partition coefficient (Wildman–Crippen LogP) is 4.42. The van der Waals surface area contributed by atoms with Gasteiger partial charge in [0.05, 0.1) is 24.1 Å². The van der Waals surface area contributed by atoms with Gasteiger partial charge < -0.3 is 5.11 Å². The highest BCUT2D eigenvalue weighted by molar-refractivity contribution is 5.72. The smallest absolute Gasteiger partial charge is 0.104 e. The summed E-state index contributed by atoms with van der Waals surface area (Å²) in [6.07, 6.45) is 9.06. The molecular formula is C26H30N6O. The SMILES string of the molecule is CCC(O)N[C@H]1CC[C@@H](n2nncc2-c2ccc(-c3ccc(-c4cnn(C)c4)cc3)cc2)C1. The van der Waals surface area contributed by atoms with E-state index in [2.05, 4.69) is 73.9 Å². The van der Waals surface area contributed by atoms with Crippen molar-refractivity contribution in [3.63, 3.8) is 0 Å². The zero-order valence-corrected chi connectivity index (χ0v) is 19.1. The van der Waals surface area contributed by atoms with Crippen LogP contribution in [0.15, 0.2) is 67.1 Å². The number of nitrogens with one attached hydrogen (secondary N) is 1. The van der Waals surface area contributed by atoms with Gasteiger partial charge in [-0.2, -0.15) is 5.10 Å². The van der Waals surface area contributed by atoms with Crippen LogP contribution in [-0.2, 0) is 7.05 Å². The maximum atomic E-state index is 9.91. The number of aromatic nitrogens is 5. The third-order valence-corrected chi connectivity index (χ3v) is 6.58. The molecule has 0 aliphatic heterocycles. The lowest BCUT2D eigenvalue weighted by Gasteiger charge is -2.18. The Morgan fingerprint density at radius 2 is 1.58 bits per heavy atom. The Labute approximate surface area is 194 Å². The Kier molecular flexibility index (Phi) is 6.07. The molecule has 170 valence electrons. The molecule has 1 fully saturated rings. The third-order valence-electron chi connectivity index (χ3n) is 6.58. The summed E-state index contributed by atoms with van der Waals surface area (Å²) in [5, 5.41) is 26.1. The molecule has 0 bridgehead atoms. The third kappa shape index (κ3) is 4.60. The van der Waals surface area contributed by atoms with E-state index in [0.717, 1.165) is 41.6 Å². The molecule has 3 atom stereocenters. The van der Waals surface area contributed by atoms with Crippen molar-refractivity contribution in [1.29, 1.82) is 0 Å². The number of nitrogens with zero attached hydrogens (tertiary/aromatic N) is 5. The first-order valence-electron chi connectivity index (χ1n) is 11.6. The molecule has 7 nitrogen and oxygen atoms in total. The van der Waals surface area contributed by atoms with Gasteiger partial charge in [-0.05, 0) is 42.4 Å². The molecular weight excluding hydrogens is 412 g/mol. The van der Waals surface area contributed by atoms with E-state index in [1.807, 2.05) is 37.2 Å². The van der Waals surface area contributed by atoms with Gasteiger partial charge in [-0.25, -0.2) is 4.68 Å². The van der Waals surface area contributed by atoms with Gasteiger partial charge in [0.1, 0.15) is 6.23 Å². The van der Waals surface area contributed by atoms with E-state index in [9.17, 15) is 5.11 Å². The Morgan fingerprint density at radius 3 is 2.18 bits per heavy atom. The number of hydrogen-bond donors (Lipinski definition) is 2. The summed E-state index contributed by atoms with van der Waals surface area (Å²) in [6, 6.07) is 17.8. The molecule has 2 aromatic heterocycles. The highest BCUT2D eigenvalue weighted by Crippen LogP contribution is 2.34. The molecule has 1 aliphatic carbocycles. The fourth-order valence-corrected chi connectivity index (χ4v) is 4.70. The second kappa shape index (κ2) is 9.29. The molecule has 5 rings (SSSR count). The van der Waals surface area contributed by atoms with Crippen molar-refractivity contribution in [2.45, 2.75) is 50.9 Å². The van der Waals surface area contributed by atoms with E-state index in [1.54, 1.807) is 0 Å². The number of hydrogen-bond acceptors (Lipinski definition) is 5. The summed E-state index contributed by atoms with van der Waals surface area (Å²) in [5.41, 5.74) is 6.79. The quantitative estimate of drug-likeness (QED) is 0.414. The molecule has 4 aromatic rings. The Hall–Kier alpha value is -3.29. The zero-order valence-electron chi connectivity index (χ0n) is 19.1. The minimum absolute atomic E-state index is 0.295. The molecule has 7 heteroatoms. The molecule has 0 spiro atoms. The second-order valence-electron chi connectivity index (χ2n) is 8.88. The Balaban J connectivity index is 1.30. The molecule has 2 N–H and O–H groups in total. The first-order valence-corrected chi connectivity index (χ1v) is 11.6. The summed E-state index contributed by atoms with van der Waals surface area (Å²) in [6.45, 7) is 1.98. The maximum Gasteiger partial charge on any atom is 0.104 e. The fourth-order valence-electron chi connectivity index (χ4n) is 4.70. The van der Waals surface area contributed by atoms with E-state index in [0.29, 0.717) is 18.5 Å². The molecule has 1 aliphatic rings. The number of aryl methyl sites for hydroxylation is 1. The minimum Gasteiger partial charge on any atom is -0.379 e. The lowest BCUT2D eigenvalue weighted by molar-refractivity contribution is 0.118. The van der Waals surface area contributed by atoms with Crippen LogP contribution < -0.4 is 5.32 Å². The van der Waals surface area contributed by atoms with Crippen LogP contribution in [0.25, 0.3) is 33.5 Å². The Bertz CT molecular complexity index is 1190. The summed E-state index contributed by atoms with van der Waals surface area (Å²) in [4.78, 5) is 0. The van der Waals surface area contributed by atoms with Gasteiger partial charge in [-0.15, -0.1) is 5.10 Å². The number of aliphatic hydroxyl groups excluding tert-OH is 1. The number of aliphatic hydroxyl groups is 1. The van der Waals surface area contributed by atoms with Crippen LogP contribution in [0.3, 0.4) is 0 Å². The van der Waals surface area contributed by atoms with Crippen LogP contribution in [0.5, 0.6) is 0 Å². The van der Waals surface area contributed by atoms with E-state index in [4.69, 9.17) is 0 Å². The highest BCUT2D eigenvalue weighted by atomic mass is 16.3. The summed E-state index contributed by atoms with van der Waals surface area (Å²) >= 11 is 0. The van der Waals surface area contributed by atoms with Crippen molar-refractivity contribution in [3.8, 4) is 33.5 Å². The van der Waals surface area contributed by atoms with Crippen molar-refractivity contribution in [2.75, 3.05) is 0 Å². The summed E-state index contributed by atoms with van der Waals surface area (Å²) in [5.74, 6) is 0. The van der Waals surface area contributed by atoms with Crippen LogP contribution in [0.1, 0.15) is 38.6 Å². The molecule has 2 heterocycles. The average Bonchev–Trinajstić information content (AvgIpc) is 3.60.